The molecule has 0 saturated carbocycles. The van der Waals surface area contributed by atoms with Crippen LogP contribution in [-0.4, -0.2) is 5.91 Å². The standard InChI is InChI=1S/C16H12N2O/c17-12-14-7-5-4-6-13(14)10-11-16(19)18-15-8-2-1-3-9-15/h1-11H,(H,18,19)/b11-10+. The van der Waals surface area contributed by atoms with Gasteiger partial charge in [0.2, 0.25) is 5.91 Å². The molecule has 0 atom stereocenters. The number of nitrogens with zero attached hydrogens (tertiary/aromatic N) is 1. The maximum Gasteiger partial charge on any atom is 0.248 e. The molecular formula is C16H12N2O. The topological polar surface area (TPSA) is 52.9 Å². The molecule has 0 aromatic heterocycles. The number of carbonyl (C=O) groups is 1. The van der Waals surface area contributed by atoms with Crippen LogP contribution in [0.15, 0.2) is 60.7 Å². The highest BCUT2D eigenvalue weighted by Gasteiger charge is 1.99. The molecule has 92 valence electrons. The van der Waals surface area contributed by atoms with Gasteiger partial charge in [-0.25, -0.2) is 0 Å². The van der Waals surface area contributed by atoms with E-state index >= 15 is 0 Å². The summed E-state index contributed by atoms with van der Waals surface area (Å²) < 4.78 is 0. The van der Waals surface area contributed by atoms with E-state index in [1.54, 1.807) is 24.3 Å². The lowest BCUT2D eigenvalue weighted by Crippen LogP contribution is -2.07. The van der Waals surface area contributed by atoms with Gasteiger partial charge in [0.05, 0.1) is 11.6 Å². The van der Waals surface area contributed by atoms with Crippen molar-refractivity contribution in [3.63, 3.8) is 0 Å². The fourth-order valence-electron chi connectivity index (χ4n) is 1.62. The summed E-state index contributed by atoms with van der Waals surface area (Å²) in [5, 5.41) is 11.7. The van der Waals surface area contributed by atoms with Crippen LogP contribution in [0.2, 0.25) is 0 Å². The van der Waals surface area contributed by atoms with Gasteiger partial charge in [0, 0.05) is 11.8 Å². The summed E-state index contributed by atoms with van der Waals surface area (Å²) in [6, 6.07) is 18.4. The molecule has 0 unspecified atom stereocenters. The largest absolute Gasteiger partial charge is 0.323 e. The van der Waals surface area contributed by atoms with E-state index in [1.807, 2.05) is 36.4 Å². The fraction of sp³-hybridized carbons (Fsp3) is 0. The molecule has 0 fully saturated rings. The van der Waals surface area contributed by atoms with Crippen molar-refractivity contribution >= 4 is 17.7 Å². The monoisotopic (exact) mass is 248 g/mol. The van der Waals surface area contributed by atoms with Gasteiger partial charge in [0.15, 0.2) is 0 Å². The third-order valence-electron chi connectivity index (χ3n) is 2.54. The van der Waals surface area contributed by atoms with Crippen molar-refractivity contribution in [3.8, 4) is 6.07 Å². The fourth-order valence-corrected chi connectivity index (χ4v) is 1.62. The Balaban J connectivity index is 2.07. The van der Waals surface area contributed by atoms with E-state index in [0.717, 1.165) is 11.3 Å². The number of para-hydroxylation sites is 1. The number of carbonyl (C=O) groups excluding carboxylic acids is 1. The molecule has 0 aliphatic rings. The van der Waals surface area contributed by atoms with E-state index in [0.29, 0.717) is 5.56 Å². The molecule has 0 spiro atoms. The predicted octanol–water partition coefficient (Wildman–Crippen LogP) is 3.21. The summed E-state index contributed by atoms with van der Waals surface area (Å²) in [5.41, 5.74) is 2.02. The molecule has 0 heterocycles. The number of benzene rings is 2. The smallest absolute Gasteiger partial charge is 0.248 e. The lowest BCUT2D eigenvalue weighted by molar-refractivity contribution is -0.111. The first-order valence-electron chi connectivity index (χ1n) is 5.83. The maximum atomic E-state index is 11.7. The van der Waals surface area contributed by atoms with Gasteiger partial charge in [0.25, 0.3) is 0 Å². The van der Waals surface area contributed by atoms with Crippen LogP contribution in [0.1, 0.15) is 11.1 Å². The summed E-state index contributed by atoms with van der Waals surface area (Å²) in [6.07, 6.45) is 3.06. The van der Waals surface area contributed by atoms with E-state index in [-0.39, 0.29) is 5.91 Å². The van der Waals surface area contributed by atoms with Crippen LogP contribution in [-0.2, 0) is 4.79 Å². The van der Waals surface area contributed by atoms with Crippen molar-refractivity contribution in [2.24, 2.45) is 0 Å². The van der Waals surface area contributed by atoms with E-state index < -0.39 is 0 Å². The minimum atomic E-state index is -0.223. The molecule has 1 N–H and O–H groups in total. The van der Waals surface area contributed by atoms with Gasteiger partial charge in [-0.05, 0) is 29.8 Å². The van der Waals surface area contributed by atoms with Crippen molar-refractivity contribution in [1.82, 2.24) is 0 Å². The van der Waals surface area contributed by atoms with Crippen LogP contribution in [0.4, 0.5) is 5.69 Å². The Hall–Kier alpha value is -2.86. The lowest BCUT2D eigenvalue weighted by atomic mass is 10.1. The van der Waals surface area contributed by atoms with Gasteiger partial charge in [-0.3, -0.25) is 4.79 Å². The molecule has 2 aromatic carbocycles. The summed E-state index contributed by atoms with van der Waals surface area (Å²) >= 11 is 0. The van der Waals surface area contributed by atoms with E-state index in [9.17, 15) is 4.79 Å². The second kappa shape index (κ2) is 6.18. The number of hydrogen-bond acceptors (Lipinski definition) is 2. The Labute approximate surface area is 111 Å². The highest BCUT2D eigenvalue weighted by atomic mass is 16.1. The van der Waals surface area contributed by atoms with Crippen molar-refractivity contribution in [1.29, 1.82) is 5.26 Å². The molecule has 0 saturated heterocycles. The highest BCUT2D eigenvalue weighted by Crippen LogP contribution is 2.10. The highest BCUT2D eigenvalue weighted by molar-refractivity contribution is 6.02. The van der Waals surface area contributed by atoms with Crippen LogP contribution in [0.3, 0.4) is 0 Å². The minimum absolute atomic E-state index is 0.223. The number of nitrogens with one attached hydrogen (secondary N) is 1. The quantitative estimate of drug-likeness (QED) is 0.848. The van der Waals surface area contributed by atoms with E-state index in [4.69, 9.17) is 5.26 Å². The van der Waals surface area contributed by atoms with Crippen LogP contribution in [0.5, 0.6) is 0 Å². The molecular weight excluding hydrogens is 236 g/mol. The van der Waals surface area contributed by atoms with Crippen LogP contribution in [0, 0.1) is 11.3 Å². The number of nitriles is 1. The summed E-state index contributed by atoms with van der Waals surface area (Å²) in [6.45, 7) is 0. The van der Waals surface area contributed by atoms with Gasteiger partial charge in [-0.1, -0.05) is 36.4 Å². The van der Waals surface area contributed by atoms with Crippen molar-refractivity contribution < 1.29 is 4.79 Å². The lowest BCUT2D eigenvalue weighted by Gasteiger charge is -2.01. The SMILES string of the molecule is N#Cc1ccccc1/C=C/C(=O)Nc1ccccc1. The zero-order valence-corrected chi connectivity index (χ0v) is 10.2. The Morgan fingerprint density at radius 1 is 1.05 bits per heavy atom. The number of hydrogen-bond donors (Lipinski definition) is 1. The van der Waals surface area contributed by atoms with Crippen LogP contribution < -0.4 is 5.32 Å². The van der Waals surface area contributed by atoms with Crippen LogP contribution >= 0.6 is 0 Å². The molecule has 19 heavy (non-hydrogen) atoms. The average Bonchev–Trinajstić information content (AvgIpc) is 2.46. The third kappa shape index (κ3) is 3.55. The van der Waals surface area contributed by atoms with E-state index in [2.05, 4.69) is 11.4 Å². The van der Waals surface area contributed by atoms with Gasteiger partial charge in [-0.2, -0.15) is 5.26 Å². The first-order chi connectivity index (χ1) is 9.29. The molecule has 0 bridgehead atoms. The Morgan fingerprint density at radius 3 is 2.47 bits per heavy atom. The van der Waals surface area contributed by atoms with Crippen molar-refractivity contribution in [2.45, 2.75) is 0 Å². The van der Waals surface area contributed by atoms with Gasteiger partial charge in [0.1, 0.15) is 0 Å². The molecule has 2 rings (SSSR count). The Morgan fingerprint density at radius 2 is 1.74 bits per heavy atom. The first-order valence-corrected chi connectivity index (χ1v) is 5.83. The van der Waals surface area contributed by atoms with Gasteiger partial charge >= 0.3 is 0 Å². The molecule has 0 aliphatic heterocycles. The molecule has 3 nitrogen and oxygen atoms in total. The number of anilines is 1. The molecule has 2 aromatic rings. The molecule has 1 amide bonds. The van der Waals surface area contributed by atoms with Gasteiger partial charge in [-0.15, -0.1) is 0 Å². The van der Waals surface area contributed by atoms with Gasteiger partial charge < -0.3 is 5.32 Å². The summed E-state index contributed by atoms with van der Waals surface area (Å²) in [4.78, 5) is 11.7. The second-order valence-corrected chi connectivity index (χ2v) is 3.89. The summed E-state index contributed by atoms with van der Waals surface area (Å²) in [5.74, 6) is -0.223. The Bertz CT molecular complexity index is 639. The van der Waals surface area contributed by atoms with Crippen LogP contribution in [0.25, 0.3) is 6.08 Å². The average molecular weight is 248 g/mol. The molecule has 0 radical (unpaired) electrons. The van der Waals surface area contributed by atoms with E-state index in [1.165, 1.54) is 6.08 Å². The zero-order chi connectivity index (χ0) is 13.5. The minimum Gasteiger partial charge on any atom is -0.323 e. The normalized spacial score (nSPS) is 10.1. The Kier molecular flexibility index (Phi) is 4.09. The molecule has 3 heteroatoms. The maximum absolute atomic E-state index is 11.7. The van der Waals surface area contributed by atoms with Crippen molar-refractivity contribution in [3.05, 3.63) is 71.8 Å². The third-order valence-corrected chi connectivity index (χ3v) is 2.54. The number of amides is 1. The number of rotatable bonds is 3. The zero-order valence-electron chi connectivity index (χ0n) is 10.2. The first kappa shape index (κ1) is 12.6. The predicted molar refractivity (Wildman–Crippen MR) is 75.3 cm³/mol. The summed E-state index contributed by atoms with van der Waals surface area (Å²) in [7, 11) is 0. The van der Waals surface area contributed by atoms with Crippen molar-refractivity contribution in [2.75, 3.05) is 5.32 Å². The molecule has 0 aliphatic carbocycles. The second-order valence-electron chi connectivity index (χ2n) is 3.89.